The van der Waals surface area contributed by atoms with E-state index >= 15 is 0 Å². The van der Waals surface area contributed by atoms with Crippen LogP contribution >= 0.6 is 0 Å². The predicted molar refractivity (Wildman–Crippen MR) is 138 cm³/mol. The van der Waals surface area contributed by atoms with Crippen LogP contribution in [0.15, 0.2) is 47.1 Å². The molecule has 1 spiro atoms. The van der Waals surface area contributed by atoms with Gasteiger partial charge in [-0.3, -0.25) is 0 Å². The fourth-order valence-electron chi connectivity index (χ4n) is 6.40. The maximum absolute atomic E-state index is 13.7. The van der Waals surface area contributed by atoms with E-state index in [2.05, 4.69) is 10.1 Å². The van der Waals surface area contributed by atoms with Gasteiger partial charge in [0.25, 0.3) is 0 Å². The van der Waals surface area contributed by atoms with E-state index in [1.54, 1.807) is 6.07 Å². The summed E-state index contributed by atoms with van der Waals surface area (Å²) in [6.07, 6.45) is 0.730. The van der Waals surface area contributed by atoms with Crippen molar-refractivity contribution in [3.8, 4) is 17.0 Å². The smallest absolute Gasteiger partial charge is 0.418 e. The number of hydrogen-bond donors (Lipinski definition) is 1. The first kappa shape index (κ1) is 28.3. The summed E-state index contributed by atoms with van der Waals surface area (Å²) < 4.78 is 91.8. The highest BCUT2D eigenvalue weighted by Crippen LogP contribution is 2.61. The third kappa shape index (κ3) is 5.50. The molecule has 1 N–H and O–H groups in total. The Labute approximate surface area is 236 Å². The zero-order valence-corrected chi connectivity index (χ0v) is 22.1. The highest BCUT2D eigenvalue weighted by Gasteiger charge is 2.52. The molecule has 42 heavy (non-hydrogen) atoms. The lowest BCUT2D eigenvalue weighted by Crippen LogP contribution is -2.48. The van der Waals surface area contributed by atoms with Crippen molar-refractivity contribution in [1.82, 2.24) is 10.1 Å². The highest BCUT2D eigenvalue weighted by atomic mass is 19.4. The maximum atomic E-state index is 13.7. The highest BCUT2D eigenvalue weighted by molar-refractivity contribution is 5.87. The Bertz CT molecular complexity index is 1530. The van der Waals surface area contributed by atoms with Crippen molar-refractivity contribution in [2.24, 2.45) is 17.3 Å². The van der Waals surface area contributed by atoms with Crippen molar-refractivity contribution in [1.29, 1.82) is 0 Å². The summed E-state index contributed by atoms with van der Waals surface area (Å²) in [7, 11) is 0. The first-order valence-corrected chi connectivity index (χ1v) is 13.6. The van der Waals surface area contributed by atoms with Crippen molar-refractivity contribution in [2.45, 2.75) is 56.8 Å². The SMILES string of the molecule is O=C(O)c1ncc(OCC2CC3(CC(/C=C/c4c(-c5ccccc5C(F)(F)F)noc4C4CC4)C3)C2)cc1C(F)(F)F. The molecule has 2 heterocycles. The number of aromatic nitrogens is 2. The van der Waals surface area contributed by atoms with E-state index in [0.717, 1.165) is 50.8 Å². The molecule has 12 heteroatoms. The molecule has 6 rings (SSSR count). The van der Waals surface area contributed by atoms with E-state index in [-0.39, 0.29) is 46.8 Å². The van der Waals surface area contributed by atoms with Crippen molar-refractivity contribution in [2.75, 3.05) is 6.61 Å². The van der Waals surface area contributed by atoms with Gasteiger partial charge in [-0.15, -0.1) is 0 Å². The summed E-state index contributed by atoms with van der Waals surface area (Å²) in [4.78, 5) is 14.5. The third-order valence-corrected chi connectivity index (χ3v) is 8.42. The molecule has 3 fully saturated rings. The van der Waals surface area contributed by atoms with Crippen molar-refractivity contribution >= 4 is 12.0 Å². The van der Waals surface area contributed by atoms with E-state index in [1.165, 1.54) is 12.1 Å². The summed E-state index contributed by atoms with van der Waals surface area (Å²) in [5.74, 6) is -0.737. The number of carboxylic acids is 1. The molecule has 0 radical (unpaired) electrons. The lowest BCUT2D eigenvalue weighted by molar-refractivity contribution is -0.138. The molecule has 0 aliphatic heterocycles. The van der Waals surface area contributed by atoms with Crippen LogP contribution in [0.1, 0.15) is 77.4 Å². The van der Waals surface area contributed by atoms with Gasteiger partial charge in [0.05, 0.1) is 23.9 Å². The fourth-order valence-corrected chi connectivity index (χ4v) is 6.40. The number of benzene rings is 1. The van der Waals surface area contributed by atoms with E-state index < -0.39 is 35.1 Å². The molecule has 222 valence electrons. The standard InChI is InChI=1S/C30H26F6N2O4/c31-29(32,33)22-4-2-1-3-20(22)24-21(26(42-38-24)18-6-7-18)8-5-16-10-28(11-16)12-17(13-28)15-41-19-9-23(30(34,35)36)25(27(39)40)37-14-19/h1-5,8-9,14,16-18H,6-7,10-13,15H2,(H,39,40)/b8-5+. The van der Waals surface area contributed by atoms with Crippen molar-refractivity contribution < 1.29 is 45.5 Å². The van der Waals surface area contributed by atoms with Crippen molar-refractivity contribution in [3.63, 3.8) is 0 Å². The molecule has 3 saturated carbocycles. The maximum Gasteiger partial charge on any atom is 0.418 e. The summed E-state index contributed by atoms with van der Waals surface area (Å²) >= 11 is 0. The third-order valence-electron chi connectivity index (χ3n) is 8.42. The number of rotatable bonds is 8. The number of alkyl halides is 6. The largest absolute Gasteiger partial charge is 0.492 e. The molecule has 0 amide bonds. The number of hydrogen-bond acceptors (Lipinski definition) is 5. The Morgan fingerprint density at radius 3 is 2.38 bits per heavy atom. The molecular weight excluding hydrogens is 566 g/mol. The Balaban J connectivity index is 1.07. The average molecular weight is 593 g/mol. The summed E-state index contributed by atoms with van der Waals surface area (Å²) in [5, 5.41) is 13.0. The van der Waals surface area contributed by atoms with Gasteiger partial charge in [0.2, 0.25) is 0 Å². The Hall–Kier alpha value is -3.83. The first-order valence-electron chi connectivity index (χ1n) is 13.6. The molecular formula is C30H26F6N2O4. The van der Waals surface area contributed by atoms with Crippen LogP contribution in [0, 0.1) is 17.3 Å². The number of nitrogens with zero attached hydrogens (tertiary/aromatic N) is 2. The minimum Gasteiger partial charge on any atom is -0.492 e. The number of halogens is 6. The molecule has 1 aromatic carbocycles. The van der Waals surface area contributed by atoms with Crippen LogP contribution in [0.2, 0.25) is 0 Å². The van der Waals surface area contributed by atoms with Gasteiger partial charge >= 0.3 is 18.3 Å². The van der Waals surface area contributed by atoms with E-state index in [9.17, 15) is 31.1 Å². The lowest BCUT2D eigenvalue weighted by Gasteiger charge is -2.57. The van der Waals surface area contributed by atoms with Crippen LogP contribution in [0.5, 0.6) is 5.75 Å². The van der Waals surface area contributed by atoms with Gasteiger partial charge in [0, 0.05) is 17.0 Å². The van der Waals surface area contributed by atoms with Crippen LogP contribution in [-0.2, 0) is 12.4 Å². The van der Waals surface area contributed by atoms with Crippen LogP contribution < -0.4 is 4.74 Å². The Morgan fingerprint density at radius 1 is 1.05 bits per heavy atom. The van der Waals surface area contributed by atoms with Crippen LogP contribution in [-0.4, -0.2) is 27.8 Å². The second-order valence-corrected chi connectivity index (χ2v) is 11.6. The van der Waals surface area contributed by atoms with Crippen LogP contribution in [0.3, 0.4) is 0 Å². The number of allylic oxidation sites excluding steroid dienone is 1. The quantitative estimate of drug-likeness (QED) is 0.265. The van der Waals surface area contributed by atoms with Gasteiger partial charge in [0.1, 0.15) is 17.2 Å². The van der Waals surface area contributed by atoms with Gasteiger partial charge < -0.3 is 14.4 Å². The predicted octanol–water partition coefficient (Wildman–Crippen LogP) is 8.25. The van der Waals surface area contributed by atoms with Crippen molar-refractivity contribution in [3.05, 3.63) is 70.7 Å². The average Bonchev–Trinajstić information content (AvgIpc) is 3.64. The molecule has 3 aliphatic carbocycles. The molecule has 0 unspecified atom stereocenters. The lowest BCUT2D eigenvalue weighted by atomic mass is 9.48. The fraction of sp³-hybridized carbons (Fsp3) is 0.433. The van der Waals surface area contributed by atoms with E-state index in [0.29, 0.717) is 17.4 Å². The number of ether oxygens (including phenoxy) is 1. The molecule has 0 saturated heterocycles. The van der Waals surface area contributed by atoms with E-state index in [1.807, 2.05) is 12.2 Å². The monoisotopic (exact) mass is 592 g/mol. The molecule has 2 aromatic heterocycles. The molecule has 3 aromatic rings. The number of carboxylic acid groups (broad SMARTS) is 1. The summed E-state index contributed by atoms with van der Waals surface area (Å²) in [6, 6.07) is 6.01. The minimum absolute atomic E-state index is 0.0117. The molecule has 0 atom stereocenters. The van der Waals surface area contributed by atoms with E-state index in [4.69, 9.17) is 14.4 Å². The second-order valence-electron chi connectivity index (χ2n) is 11.6. The minimum atomic E-state index is -4.87. The summed E-state index contributed by atoms with van der Waals surface area (Å²) in [6.45, 7) is 0.195. The van der Waals surface area contributed by atoms with Gasteiger partial charge in [-0.1, -0.05) is 35.5 Å². The number of pyridine rings is 1. The Kier molecular flexibility index (Phi) is 6.85. The Morgan fingerprint density at radius 2 is 1.74 bits per heavy atom. The summed E-state index contributed by atoms with van der Waals surface area (Å²) in [5.41, 5.74) is -2.30. The normalized spacial score (nSPS) is 24.0. The molecule has 3 aliphatic rings. The molecule has 6 nitrogen and oxygen atoms in total. The number of carbonyl (C=O) groups is 1. The van der Waals surface area contributed by atoms with Gasteiger partial charge in [-0.05, 0) is 67.9 Å². The van der Waals surface area contributed by atoms with Gasteiger partial charge in [0.15, 0.2) is 5.69 Å². The zero-order valence-electron chi connectivity index (χ0n) is 22.1. The topological polar surface area (TPSA) is 85.5 Å². The van der Waals surface area contributed by atoms with Crippen LogP contribution in [0.4, 0.5) is 26.3 Å². The second kappa shape index (κ2) is 10.2. The molecule has 0 bridgehead atoms. The van der Waals surface area contributed by atoms with Gasteiger partial charge in [-0.25, -0.2) is 9.78 Å². The van der Waals surface area contributed by atoms with Gasteiger partial charge in [-0.2, -0.15) is 26.3 Å². The first-order chi connectivity index (χ1) is 19.8. The zero-order chi connectivity index (χ0) is 29.9. The van der Waals surface area contributed by atoms with Crippen LogP contribution in [0.25, 0.3) is 17.3 Å². The number of aromatic carboxylic acids is 1.